The number of para-hydroxylation sites is 1. The maximum atomic E-state index is 11.6. The number of fused-ring (bicyclic) bond motifs is 2. The average molecular weight is 336 g/mol. The van der Waals surface area contributed by atoms with Crippen LogP contribution in [0.5, 0.6) is 0 Å². The minimum absolute atomic E-state index is 0.155. The number of nitrogens with one attached hydrogen (secondary N) is 2. The van der Waals surface area contributed by atoms with E-state index in [4.69, 9.17) is 0 Å². The molecule has 128 valence electrons. The van der Waals surface area contributed by atoms with Gasteiger partial charge < -0.3 is 19.8 Å². The Kier molecular flexibility index (Phi) is 3.26. The average Bonchev–Trinajstić information content (AvgIpc) is 3.26. The smallest absolute Gasteiger partial charge is 0.323 e. The highest BCUT2D eigenvalue weighted by molar-refractivity contribution is 5.88. The number of anilines is 2. The lowest BCUT2D eigenvalue weighted by atomic mass is 10.2. The molecular weight excluding hydrogens is 316 g/mol. The van der Waals surface area contributed by atoms with E-state index in [9.17, 15) is 4.79 Å². The van der Waals surface area contributed by atoms with E-state index in [1.807, 2.05) is 12.1 Å². The first-order chi connectivity index (χ1) is 12.3. The van der Waals surface area contributed by atoms with Crippen molar-refractivity contribution >= 4 is 22.5 Å². The molecule has 0 radical (unpaired) electrons. The number of imidazole rings is 1. The zero-order chi connectivity index (χ0) is 16.8. The number of H-pyrrole nitrogens is 2. The maximum Gasteiger partial charge on any atom is 0.323 e. The predicted octanol–water partition coefficient (Wildman–Crippen LogP) is 1.46. The second-order valence-corrected chi connectivity index (χ2v) is 6.73. The zero-order valence-electron chi connectivity index (χ0n) is 14.0. The van der Waals surface area contributed by atoms with Gasteiger partial charge in [-0.05, 0) is 31.4 Å². The summed E-state index contributed by atoms with van der Waals surface area (Å²) in [7, 11) is 0. The van der Waals surface area contributed by atoms with Crippen molar-refractivity contribution in [2.45, 2.75) is 19.3 Å². The quantitative estimate of drug-likeness (QED) is 0.740. The van der Waals surface area contributed by atoms with Gasteiger partial charge in [-0.15, -0.1) is 0 Å². The third kappa shape index (κ3) is 2.38. The summed E-state index contributed by atoms with van der Waals surface area (Å²) in [5.74, 6) is 1.12. The van der Waals surface area contributed by atoms with Crippen molar-refractivity contribution < 1.29 is 0 Å². The molecule has 0 amide bonds. The Morgan fingerprint density at radius 2 is 1.80 bits per heavy atom. The first kappa shape index (κ1) is 14.5. The Morgan fingerprint density at radius 3 is 2.68 bits per heavy atom. The largest absolute Gasteiger partial charge is 0.366 e. The van der Waals surface area contributed by atoms with Gasteiger partial charge in [-0.25, -0.2) is 14.8 Å². The Hall–Kier alpha value is -2.83. The van der Waals surface area contributed by atoms with Gasteiger partial charge in [0.2, 0.25) is 0 Å². The molecule has 2 N–H and O–H groups in total. The van der Waals surface area contributed by atoms with Crippen LogP contribution in [0.4, 0.5) is 11.5 Å². The fourth-order valence-corrected chi connectivity index (χ4v) is 4.08. The van der Waals surface area contributed by atoms with Crippen LogP contribution in [-0.4, -0.2) is 46.1 Å². The fourth-order valence-electron chi connectivity index (χ4n) is 4.08. The third-order valence-electron chi connectivity index (χ3n) is 5.30. The van der Waals surface area contributed by atoms with Crippen LogP contribution in [0.3, 0.4) is 0 Å². The lowest BCUT2D eigenvalue weighted by molar-refractivity contribution is 0.645. The van der Waals surface area contributed by atoms with Gasteiger partial charge in [0.1, 0.15) is 12.1 Å². The molecule has 7 heteroatoms. The normalized spacial score (nSPS) is 17.3. The summed E-state index contributed by atoms with van der Waals surface area (Å²) in [6.45, 7) is 3.67. The van der Waals surface area contributed by atoms with Gasteiger partial charge in [0, 0.05) is 37.4 Å². The second-order valence-electron chi connectivity index (χ2n) is 6.73. The molecule has 1 fully saturated rings. The molecule has 1 saturated heterocycles. The number of nitrogens with zero attached hydrogens (tertiary/aromatic N) is 4. The van der Waals surface area contributed by atoms with Crippen molar-refractivity contribution in [2.24, 2.45) is 0 Å². The lowest BCUT2D eigenvalue weighted by Crippen LogP contribution is -2.47. The molecule has 0 atom stereocenters. The summed E-state index contributed by atoms with van der Waals surface area (Å²) < 4.78 is 0. The van der Waals surface area contributed by atoms with Crippen molar-refractivity contribution in [3.63, 3.8) is 0 Å². The number of rotatable bonds is 2. The van der Waals surface area contributed by atoms with Gasteiger partial charge in [-0.1, -0.05) is 6.07 Å². The molecule has 0 bridgehead atoms. The first-order valence-corrected chi connectivity index (χ1v) is 8.83. The Bertz CT molecular complexity index is 983. The molecular formula is C18H20N6O. The van der Waals surface area contributed by atoms with Gasteiger partial charge in [0.05, 0.1) is 16.7 Å². The van der Waals surface area contributed by atoms with Crippen LogP contribution in [0.15, 0.2) is 29.3 Å². The SMILES string of the molecule is O=c1[nH]c2cccc(N3CCN(c4ncnc5c4CCC5)CC3)c2[nH]1. The molecule has 1 aliphatic heterocycles. The van der Waals surface area contributed by atoms with E-state index in [1.165, 1.54) is 17.7 Å². The number of aromatic amines is 2. The highest BCUT2D eigenvalue weighted by atomic mass is 16.1. The van der Waals surface area contributed by atoms with E-state index in [1.54, 1.807) is 6.33 Å². The van der Waals surface area contributed by atoms with E-state index in [-0.39, 0.29) is 5.69 Å². The Morgan fingerprint density at radius 1 is 0.960 bits per heavy atom. The minimum atomic E-state index is -0.155. The molecule has 25 heavy (non-hydrogen) atoms. The van der Waals surface area contributed by atoms with Crippen LogP contribution < -0.4 is 15.5 Å². The summed E-state index contributed by atoms with van der Waals surface area (Å²) >= 11 is 0. The summed E-state index contributed by atoms with van der Waals surface area (Å²) in [5.41, 5.74) is 5.25. The summed E-state index contributed by atoms with van der Waals surface area (Å²) in [6, 6.07) is 5.99. The number of benzene rings is 1. The Labute approximate surface area is 144 Å². The van der Waals surface area contributed by atoms with Gasteiger partial charge >= 0.3 is 5.69 Å². The van der Waals surface area contributed by atoms with Crippen LogP contribution in [-0.2, 0) is 12.8 Å². The van der Waals surface area contributed by atoms with Crippen molar-refractivity contribution in [1.29, 1.82) is 0 Å². The van der Waals surface area contributed by atoms with Gasteiger partial charge in [-0.3, -0.25) is 0 Å². The molecule has 1 aromatic carbocycles. The van der Waals surface area contributed by atoms with E-state index >= 15 is 0 Å². The number of aromatic nitrogens is 4. The van der Waals surface area contributed by atoms with E-state index in [0.717, 1.165) is 61.6 Å². The van der Waals surface area contributed by atoms with E-state index in [0.29, 0.717) is 0 Å². The Balaban J connectivity index is 1.40. The van der Waals surface area contributed by atoms with Crippen molar-refractivity contribution in [1.82, 2.24) is 19.9 Å². The van der Waals surface area contributed by atoms with Crippen LogP contribution in [0.1, 0.15) is 17.7 Å². The summed E-state index contributed by atoms with van der Waals surface area (Å²) in [4.78, 5) is 31.1. The van der Waals surface area contributed by atoms with Crippen molar-refractivity contribution in [3.05, 3.63) is 46.3 Å². The zero-order valence-corrected chi connectivity index (χ0v) is 14.0. The van der Waals surface area contributed by atoms with Crippen molar-refractivity contribution in [2.75, 3.05) is 36.0 Å². The fraction of sp³-hybridized carbons (Fsp3) is 0.389. The summed E-state index contributed by atoms with van der Waals surface area (Å²) in [5, 5.41) is 0. The summed E-state index contributed by atoms with van der Waals surface area (Å²) in [6.07, 6.45) is 5.06. The van der Waals surface area contributed by atoms with Crippen LogP contribution in [0, 0.1) is 0 Å². The second kappa shape index (κ2) is 5.61. The molecule has 0 saturated carbocycles. The van der Waals surface area contributed by atoms with E-state index in [2.05, 4.69) is 35.8 Å². The minimum Gasteiger partial charge on any atom is -0.366 e. The van der Waals surface area contributed by atoms with Crippen LogP contribution in [0.2, 0.25) is 0 Å². The van der Waals surface area contributed by atoms with Gasteiger partial charge in [0.15, 0.2) is 0 Å². The van der Waals surface area contributed by atoms with Crippen LogP contribution in [0.25, 0.3) is 11.0 Å². The number of piperazine rings is 1. The van der Waals surface area contributed by atoms with Crippen molar-refractivity contribution in [3.8, 4) is 0 Å². The number of hydrogen-bond donors (Lipinski definition) is 2. The third-order valence-corrected chi connectivity index (χ3v) is 5.30. The first-order valence-electron chi connectivity index (χ1n) is 8.83. The van der Waals surface area contributed by atoms with Crippen LogP contribution >= 0.6 is 0 Å². The molecule has 0 spiro atoms. The molecule has 5 rings (SSSR count). The van der Waals surface area contributed by atoms with Gasteiger partial charge in [0.25, 0.3) is 0 Å². The molecule has 3 heterocycles. The monoisotopic (exact) mass is 336 g/mol. The van der Waals surface area contributed by atoms with E-state index < -0.39 is 0 Å². The molecule has 2 aliphatic rings. The van der Waals surface area contributed by atoms with Gasteiger partial charge in [-0.2, -0.15) is 0 Å². The molecule has 1 aliphatic carbocycles. The predicted molar refractivity (Wildman–Crippen MR) is 97.4 cm³/mol. The lowest BCUT2D eigenvalue weighted by Gasteiger charge is -2.37. The highest BCUT2D eigenvalue weighted by Gasteiger charge is 2.25. The standard InChI is InChI=1S/C18H20N6O/c25-18-21-14-5-2-6-15(16(14)22-18)23-7-9-24(10-8-23)17-12-3-1-4-13(12)19-11-20-17/h2,5-6,11H,1,3-4,7-10H2,(H2,21,22,25). The topological polar surface area (TPSA) is 80.9 Å². The molecule has 3 aromatic rings. The number of hydrogen-bond acceptors (Lipinski definition) is 5. The molecule has 0 unspecified atom stereocenters. The maximum absolute atomic E-state index is 11.6. The number of aryl methyl sites for hydroxylation is 1. The molecule has 7 nitrogen and oxygen atoms in total. The molecule has 2 aromatic heterocycles. The highest BCUT2D eigenvalue weighted by Crippen LogP contribution is 2.30.